The predicted octanol–water partition coefficient (Wildman–Crippen LogP) is 1.83. The van der Waals surface area contributed by atoms with Crippen LogP contribution < -0.4 is 5.32 Å². The number of carbonyl (C=O) groups excluding carboxylic acids is 1. The molecule has 0 aromatic heterocycles. The third-order valence-electron chi connectivity index (χ3n) is 3.51. The van der Waals surface area contributed by atoms with Crippen LogP contribution in [0, 0.1) is 0 Å². The van der Waals surface area contributed by atoms with Crippen molar-refractivity contribution in [2.24, 2.45) is 0 Å². The van der Waals surface area contributed by atoms with E-state index in [2.05, 4.69) is 5.32 Å². The Kier molecular flexibility index (Phi) is 3.36. The number of nitrogens with one attached hydrogen (secondary N) is 1. The average Bonchev–Trinajstić information content (AvgIpc) is 2.38. The van der Waals surface area contributed by atoms with Crippen LogP contribution in [0.25, 0.3) is 0 Å². The molecule has 0 bridgehead atoms. The summed E-state index contributed by atoms with van der Waals surface area (Å²) in [5.41, 5.74) is 0.496. The maximum Gasteiger partial charge on any atom is 0.334 e. The molecule has 0 saturated carbocycles. The van der Waals surface area contributed by atoms with Gasteiger partial charge in [0.1, 0.15) is 0 Å². The van der Waals surface area contributed by atoms with E-state index in [-0.39, 0.29) is 12.3 Å². The van der Waals surface area contributed by atoms with E-state index in [1.165, 1.54) is 0 Å². The van der Waals surface area contributed by atoms with Crippen molar-refractivity contribution in [2.45, 2.75) is 38.1 Å². The summed E-state index contributed by atoms with van der Waals surface area (Å²) in [6.07, 6.45) is 2.38. The lowest BCUT2D eigenvalue weighted by Gasteiger charge is -2.36. The maximum atomic E-state index is 11.7. The van der Waals surface area contributed by atoms with E-state index in [1.807, 2.05) is 18.2 Å². The molecule has 0 spiro atoms. The number of benzene rings is 1. The summed E-state index contributed by atoms with van der Waals surface area (Å²) in [6.45, 7) is 1.72. The third-order valence-corrected chi connectivity index (χ3v) is 3.51. The van der Waals surface area contributed by atoms with Crippen molar-refractivity contribution >= 4 is 11.9 Å². The molecule has 4 heteroatoms. The number of hydrogen-bond acceptors (Lipinski definition) is 2. The Morgan fingerprint density at radius 1 is 1.39 bits per heavy atom. The van der Waals surface area contributed by atoms with E-state index >= 15 is 0 Å². The lowest BCUT2D eigenvalue weighted by atomic mass is 9.76. The van der Waals surface area contributed by atoms with E-state index in [0.29, 0.717) is 6.42 Å². The predicted molar refractivity (Wildman–Crippen MR) is 67.1 cm³/mol. The zero-order valence-corrected chi connectivity index (χ0v) is 10.4. The fraction of sp³-hybridized carbons (Fsp3) is 0.429. The molecular weight excluding hydrogens is 230 g/mol. The minimum atomic E-state index is -1.25. The average molecular weight is 247 g/mol. The van der Waals surface area contributed by atoms with Crippen molar-refractivity contribution < 1.29 is 14.7 Å². The van der Waals surface area contributed by atoms with Crippen LogP contribution in [0.2, 0.25) is 0 Å². The number of aryl methyl sites for hydroxylation is 1. The number of aliphatic carboxylic acids is 1. The van der Waals surface area contributed by atoms with Crippen LogP contribution in [-0.4, -0.2) is 17.0 Å². The Labute approximate surface area is 106 Å². The van der Waals surface area contributed by atoms with Gasteiger partial charge in [0.2, 0.25) is 5.91 Å². The van der Waals surface area contributed by atoms with Crippen LogP contribution in [0.3, 0.4) is 0 Å². The molecule has 1 amide bonds. The van der Waals surface area contributed by atoms with Gasteiger partial charge in [-0.2, -0.15) is 0 Å². The highest BCUT2D eigenvalue weighted by Crippen LogP contribution is 2.35. The number of rotatable bonds is 3. The van der Waals surface area contributed by atoms with Gasteiger partial charge in [0.25, 0.3) is 0 Å². The van der Waals surface area contributed by atoms with Crippen molar-refractivity contribution in [1.29, 1.82) is 0 Å². The molecule has 1 aliphatic carbocycles. The maximum absolute atomic E-state index is 11.7. The highest BCUT2D eigenvalue weighted by Gasteiger charge is 2.44. The fourth-order valence-electron chi connectivity index (χ4n) is 2.57. The number of carbonyl (C=O) groups is 2. The van der Waals surface area contributed by atoms with Crippen LogP contribution in [0.5, 0.6) is 0 Å². The first-order valence-corrected chi connectivity index (χ1v) is 6.23. The normalized spacial score (nSPS) is 22.1. The lowest BCUT2D eigenvalue weighted by molar-refractivity contribution is -0.149. The number of fused-ring (bicyclic) bond motifs is 1. The molecule has 4 nitrogen and oxygen atoms in total. The monoisotopic (exact) mass is 247 g/mol. The van der Waals surface area contributed by atoms with Gasteiger partial charge in [-0.05, 0) is 30.4 Å². The second-order valence-electron chi connectivity index (χ2n) is 4.62. The van der Waals surface area contributed by atoms with Crippen molar-refractivity contribution in [3.8, 4) is 0 Å². The van der Waals surface area contributed by atoms with Gasteiger partial charge >= 0.3 is 5.97 Å². The zero-order valence-electron chi connectivity index (χ0n) is 10.4. The molecule has 0 heterocycles. The van der Waals surface area contributed by atoms with Crippen LogP contribution in [0.4, 0.5) is 0 Å². The van der Waals surface area contributed by atoms with E-state index < -0.39 is 11.5 Å². The van der Waals surface area contributed by atoms with Gasteiger partial charge in [-0.15, -0.1) is 0 Å². The number of carboxylic acids is 1. The smallest absolute Gasteiger partial charge is 0.334 e. The number of amides is 1. The van der Waals surface area contributed by atoms with Gasteiger partial charge in [0, 0.05) is 6.42 Å². The number of hydrogen-bond donors (Lipinski definition) is 2. The highest BCUT2D eigenvalue weighted by molar-refractivity contribution is 5.88. The van der Waals surface area contributed by atoms with Crippen molar-refractivity contribution in [2.75, 3.05) is 0 Å². The van der Waals surface area contributed by atoms with Crippen LogP contribution >= 0.6 is 0 Å². The number of carboxylic acid groups (broad SMARTS) is 1. The minimum absolute atomic E-state index is 0.228. The van der Waals surface area contributed by atoms with E-state index in [4.69, 9.17) is 0 Å². The van der Waals surface area contributed by atoms with Gasteiger partial charge in [-0.3, -0.25) is 4.79 Å². The Balaban J connectivity index is 2.49. The second-order valence-corrected chi connectivity index (χ2v) is 4.62. The summed E-state index contributed by atoms with van der Waals surface area (Å²) in [4.78, 5) is 23.3. The summed E-state index contributed by atoms with van der Waals surface area (Å²) in [7, 11) is 0. The van der Waals surface area contributed by atoms with Crippen LogP contribution in [0.15, 0.2) is 24.3 Å². The molecule has 2 rings (SSSR count). The molecule has 0 fully saturated rings. The first kappa shape index (κ1) is 12.6. The Morgan fingerprint density at radius 3 is 2.78 bits per heavy atom. The summed E-state index contributed by atoms with van der Waals surface area (Å²) in [6, 6.07) is 7.46. The van der Waals surface area contributed by atoms with Gasteiger partial charge in [0.05, 0.1) is 0 Å². The molecule has 18 heavy (non-hydrogen) atoms. The molecule has 1 atom stereocenters. The molecule has 0 saturated heterocycles. The summed E-state index contributed by atoms with van der Waals surface area (Å²) >= 11 is 0. The van der Waals surface area contributed by atoms with Gasteiger partial charge in [-0.1, -0.05) is 31.2 Å². The minimum Gasteiger partial charge on any atom is -0.479 e. The van der Waals surface area contributed by atoms with Crippen LogP contribution in [-0.2, 0) is 21.5 Å². The molecule has 96 valence electrons. The Hall–Kier alpha value is -1.84. The zero-order chi connectivity index (χ0) is 13.2. The first-order valence-electron chi connectivity index (χ1n) is 6.23. The van der Waals surface area contributed by atoms with E-state index in [0.717, 1.165) is 24.0 Å². The molecule has 2 N–H and O–H groups in total. The van der Waals surface area contributed by atoms with Gasteiger partial charge < -0.3 is 10.4 Å². The van der Waals surface area contributed by atoms with Crippen molar-refractivity contribution in [1.82, 2.24) is 5.32 Å². The summed E-state index contributed by atoms with van der Waals surface area (Å²) < 4.78 is 0. The molecule has 1 unspecified atom stereocenters. The summed E-state index contributed by atoms with van der Waals surface area (Å²) in [5.74, 6) is -1.20. The molecular formula is C14H17NO3. The molecule has 1 aliphatic rings. The van der Waals surface area contributed by atoms with E-state index in [9.17, 15) is 14.7 Å². The molecule has 1 aromatic rings. The standard InChI is InChI=1S/C14H17NO3/c1-2-12(16)15-14(13(17)18)9-5-7-10-6-3-4-8-11(10)14/h3-4,6,8H,2,5,7,9H2,1H3,(H,15,16)(H,17,18). The third kappa shape index (κ3) is 1.98. The first-order chi connectivity index (χ1) is 8.60. The summed E-state index contributed by atoms with van der Waals surface area (Å²) in [5, 5.41) is 12.3. The van der Waals surface area contributed by atoms with Gasteiger partial charge in [-0.25, -0.2) is 4.79 Å². The quantitative estimate of drug-likeness (QED) is 0.856. The molecule has 0 radical (unpaired) electrons. The Bertz CT molecular complexity index is 484. The van der Waals surface area contributed by atoms with E-state index in [1.54, 1.807) is 13.0 Å². The largest absolute Gasteiger partial charge is 0.479 e. The van der Waals surface area contributed by atoms with Crippen molar-refractivity contribution in [3.63, 3.8) is 0 Å². The Morgan fingerprint density at radius 2 is 2.11 bits per heavy atom. The van der Waals surface area contributed by atoms with Crippen molar-refractivity contribution in [3.05, 3.63) is 35.4 Å². The molecule has 0 aliphatic heterocycles. The topological polar surface area (TPSA) is 66.4 Å². The highest BCUT2D eigenvalue weighted by atomic mass is 16.4. The molecule has 1 aromatic carbocycles. The second kappa shape index (κ2) is 4.80. The SMILES string of the molecule is CCC(=O)NC1(C(=O)O)CCCc2ccccc21. The fourth-order valence-corrected chi connectivity index (χ4v) is 2.57. The lowest BCUT2D eigenvalue weighted by Crippen LogP contribution is -2.53. The van der Waals surface area contributed by atoms with Gasteiger partial charge in [0.15, 0.2) is 5.54 Å². The van der Waals surface area contributed by atoms with Crippen LogP contribution in [0.1, 0.15) is 37.3 Å².